The Morgan fingerprint density at radius 3 is 2.73 bits per heavy atom. The van der Waals surface area contributed by atoms with Gasteiger partial charge in [-0.05, 0) is 6.42 Å². The second-order valence-corrected chi connectivity index (χ2v) is 7.64. The summed E-state index contributed by atoms with van der Waals surface area (Å²) in [5.74, 6) is -4.05. The first-order valence-electron chi connectivity index (χ1n) is 7.68. The van der Waals surface area contributed by atoms with Crippen molar-refractivity contribution in [3.63, 3.8) is 0 Å². The fraction of sp³-hybridized carbons (Fsp3) is 0.692. The Balaban J connectivity index is 1.50. The molecule has 3 atom stereocenters. The number of piperidine rings is 1. The van der Waals surface area contributed by atoms with Gasteiger partial charge in [0, 0.05) is 24.8 Å². The van der Waals surface area contributed by atoms with Gasteiger partial charge in [0.2, 0.25) is 0 Å². The van der Waals surface area contributed by atoms with E-state index in [4.69, 9.17) is 14.2 Å². The number of hydrogen-bond donors (Lipinski definition) is 0. The normalized spacial score (nSPS) is 29.3. The molecule has 3 saturated heterocycles. The lowest BCUT2D eigenvalue weighted by molar-refractivity contribution is -0.273. The maximum absolute atomic E-state index is 12.3. The van der Waals surface area contributed by atoms with Crippen LogP contribution in [0, 0.1) is 5.92 Å². The van der Waals surface area contributed by atoms with E-state index in [0.717, 1.165) is 29.9 Å². The van der Waals surface area contributed by atoms with Gasteiger partial charge in [0.1, 0.15) is 0 Å². The van der Waals surface area contributed by atoms with Gasteiger partial charge in [0.05, 0.1) is 18.1 Å². The average Bonchev–Trinajstić information content (AvgIpc) is 3.28. The maximum atomic E-state index is 12.3. The number of hydrogen-bond acceptors (Lipinski definition) is 10. The number of ether oxygens (including phenoxy) is 3. The van der Waals surface area contributed by atoms with Crippen LogP contribution in [0.1, 0.15) is 12.8 Å². The lowest BCUT2D eigenvalue weighted by Gasteiger charge is -2.36. The summed E-state index contributed by atoms with van der Waals surface area (Å²) in [5.41, 5.74) is 0. The Bertz CT molecular complexity index is 727. The van der Waals surface area contributed by atoms with Crippen LogP contribution in [-0.2, 0) is 19.1 Å². The molecule has 2 bridgehead atoms. The minimum Gasteiger partial charge on any atom is -0.461 e. The summed E-state index contributed by atoms with van der Waals surface area (Å²) in [6, 6.07) is 0. The Morgan fingerprint density at radius 2 is 2.04 bits per heavy atom. The SMILES string of the molecule is O=C1OC2(OC1=O)C(Oc1nsnc1SCCC(F)(F)F)C1CCN2C1. The zero-order valence-corrected chi connectivity index (χ0v) is 14.7. The van der Waals surface area contributed by atoms with Crippen LogP contribution in [0.3, 0.4) is 0 Å². The van der Waals surface area contributed by atoms with Gasteiger partial charge in [-0.3, -0.25) is 0 Å². The molecule has 0 radical (unpaired) electrons. The quantitative estimate of drug-likeness (QED) is 0.405. The number of nitrogens with zero attached hydrogens (tertiary/aromatic N) is 3. The molecule has 4 rings (SSSR count). The number of thioether (sulfide) groups is 1. The van der Waals surface area contributed by atoms with Crippen molar-refractivity contribution in [2.75, 3.05) is 18.8 Å². The number of alkyl halides is 3. The Morgan fingerprint density at radius 1 is 1.31 bits per heavy atom. The Labute approximate surface area is 153 Å². The van der Waals surface area contributed by atoms with Crippen LogP contribution < -0.4 is 4.74 Å². The second kappa shape index (κ2) is 6.23. The van der Waals surface area contributed by atoms with E-state index in [-0.39, 0.29) is 22.6 Å². The fourth-order valence-electron chi connectivity index (χ4n) is 3.30. The fourth-order valence-corrected chi connectivity index (χ4v) is 4.81. The molecule has 4 heterocycles. The van der Waals surface area contributed by atoms with E-state index in [1.54, 1.807) is 4.90 Å². The first-order chi connectivity index (χ1) is 12.3. The maximum Gasteiger partial charge on any atom is 0.422 e. The van der Waals surface area contributed by atoms with E-state index >= 15 is 0 Å². The molecule has 0 amide bonds. The van der Waals surface area contributed by atoms with Crippen LogP contribution in [0.5, 0.6) is 5.88 Å². The third-order valence-electron chi connectivity index (χ3n) is 4.39. The molecule has 1 aromatic rings. The van der Waals surface area contributed by atoms with Gasteiger partial charge in [-0.1, -0.05) is 11.8 Å². The molecule has 0 saturated carbocycles. The van der Waals surface area contributed by atoms with Crippen molar-refractivity contribution in [3.05, 3.63) is 0 Å². The van der Waals surface area contributed by atoms with Gasteiger partial charge in [-0.15, -0.1) is 4.37 Å². The number of fused-ring (bicyclic) bond motifs is 3. The first kappa shape index (κ1) is 17.8. The molecule has 8 nitrogen and oxygen atoms in total. The predicted molar refractivity (Wildman–Crippen MR) is 80.3 cm³/mol. The van der Waals surface area contributed by atoms with Crippen LogP contribution in [0.4, 0.5) is 13.2 Å². The van der Waals surface area contributed by atoms with Crippen LogP contribution >= 0.6 is 23.5 Å². The van der Waals surface area contributed by atoms with E-state index < -0.39 is 36.6 Å². The molecule has 0 aromatic carbocycles. The van der Waals surface area contributed by atoms with Gasteiger partial charge >= 0.3 is 24.0 Å². The molecule has 0 aliphatic carbocycles. The third kappa shape index (κ3) is 3.01. The van der Waals surface area contributed by atoms with Crippen LogP contribution in [0.25, 0.3) is 0 Å². The summed E-state index contributed by atoms with van der Waals surface area (Å²) in [4.78, 5) is 24.8. The van der Waals surface area contributed by atoms with Crippen molar-refractivity contribution >= 4 is 35.4 Å². The molecule has 3 unspecified atom stereocenters. The number of carbonyl (C=O) groups is 2. The molecule has 3 aliphatic heterocycles. The molecular weight excluding hydrogens is 399 g/mol. The summed E-state index contributed by atoms with van der Waals surface area (Å²) in [5, 5.41) is 0.225. The van der Waals surface area contributed by atoms with E-state index in [0.29, 0.717) is 13.1 Å². The summed E-state index contributed by atoms with van der Waals surface area (Å²) < 4.78 is 61.0. The van der Waals surface area contributed by atoms with Gasteiger partial charge in [-0.2, -0.15) is 17.5 Å². The monoisotopic (exact) mass is 411 g/mol. The van der Waals surface area contributed by atoms with Gasteiger partial charge in [0.25, 0.3) is 5.88 Å². The van der Waals surface area contributed by atoms with Crippen molar-refractivity contribution < 1.29 is 37.0 Å². The minimum atomic E-state index is -4.26. The molecule has 3 aliphatic rings. The molecule has 0 N–H and O–H groups in total. The molecular formula is C13H12F3N3O5S2. The average molecular weight is 411 g/mol. The highest BCUT2D eigenvalue weighted by Crippen LogP contribution is 2.47. The van der Waals surface area contributed by atoms with Gasteiger partial charge in [-0.25, -0.2) is 14.5 Å². The highest BCUT2D eigenvalue weighted by atomic mass is 32.2. The molecule has 142 valence electrons. The molecule has 1 aromatic heterocycles. The van der Waals surface area contributed by atoms with Crippen molar-refractivity contribution in [2.45, 2.75) is 36.1 Å². The standard InChI is InChI=1S/C13H12F3N3O5S2/c14-12(15,16)2-4-25-9-8(17-26-18-9)22-7-6-1-3-19(5-6)13(7)23-10(20)11(21)24-13/h6-7H,1-5H2. The van der Waals surface area contributed by atoms with E-state index in [1.165, 1.54) is 0 Å². The summed E-state index contributed by atoms with van der Waals surface area (Å²) in [6.45, 7) is 1.09. The highest BCUT2D eigenvalue weighted by Gasteiger charge is 2.69. The summed E-state index contributed by atoms with van der Waals surface area (Å²) in [6.07, 6.45) is -5.29. The van der Waals surface area contributed by atoms with Crippen molar-refractivity contribution in [3.8, 4) is 5.88 Å². The van der Waals surface area contributed by atoms with Gasteiger partial charge in [0.15, 0.2) is 11.1 Å². The number of aromatic nitrogens is 2. The van der Waals surface area contributed by atoms with Crippen LogP contribution in [-0.4, -0.2) is 62.6 Å². The van der Waals surface area contributed by atoms with Crippen molar-refractivity contribution in [1.29, 1.82) is 0 Å². The Kier molecular flexibility index (Phi) is 4.27. The lowest BCUT2D eigenvalue weighted by atomic mass is 9.99. The summed E-state index contributed by atoms with van der Waals surface area (Å²) in [7, 11) is 0. The van der Waals surface area contributed by atoms with E-state index in [1.807, 2.05) is 0 Å². The number of rotatable bonds is 5. The first-order valence-corrected chi connectivity index (χ1v) is 9.40. The topological polar surface area (TPSA) is 90.8 Å². The predicted octanol–water partition coefficient (Wildman–Crippen LogP) is 1.42. The molecule has 3 fully saturated rings. The van der Waals surface area contributed by atoms with Crippen LogP contribution in [0.2, 0.25) is 0 Å². The number of halogens is 3. The highest BCUT2D eigenvalue weighted by molar-refractivity contribution is 7.99. The zero-order valence-electron chi connectivity index (χ0n) is 13.0. The van der Waals surface area contributed by atoms with Crippen molar-refractivity contribution in [2.24, 2.45) is 5.92 Å². The second-order valence-electron chi connectivity index (χ2n) is 6.03. The number of carbonyl (C=O) groups excluding carboxylic acids is 2. The van der Waals surface area contributed by atoms with Gasteiger partial charge < -0.3 is 14.2 Å². The Hall–Kier alpha value is -1.60. The zero-order chi connectivity index (χ0) is 18.5. The van der Waals surface area contributed by atoms with E-state index in [9.17, 15) is 22.8 Å². The smallest absolute Gasteiger partial charge is 0.422 e. The largest absolute Gasteiger partial charge is 0.461 e. The molecule has 26 heavy (non-hydrogen) atoms. The molecule has 13 heteroatoms. The van der Waals surface area contributed by atoms with Crippen molar-refractivity contribution in [1.82, 2.24) is 13.6 Å². The summed E-state index contributed by atoms with van der Waals surface area (Å²) >= 11 is 1.68. The third-order valence-corrected chi connectivity index (χ3v) is 5.97. The minimum absolute atomic E-state index is 0.0549. The van der Waals surface area contributed by atoms with Crippen LogP contribution in [0.15, 0.2) is 5.03 Å². The molecule has 1 spiro atoms. The van der Waals surface area contributed by atoms with E-state index in [2.05, 4.69) is 8.75 Å². The number of esters is 2. The lowest BCUT2D eigenvalue weighted by Crippen LogP contribution is -2.57.